The minimum Gasteiger partial charge on any atom is -0.461 e. The fourth-order valence-electron chi connectivity index (χ4n) is 2.24. The molecule has 24 heavy (non-hydrogen) atoms. The molecule has 0 saturated carbocycles. The smallest absolute Gasteiger partial charge is 0.325 e. The average Bonchev–Trinajstić information content (AvgIpc) is 2.58. The van der Waals surface area contributed by atoms with Gasteiger partial charge in [-0.05, 0) is 31.9 Å². The summed E-state index contributed by atoms with van der Waals surface area (Å²) < 4.78 is 10.6. The van der Waals surface area contributed by atoms with E-state index in [1.807, 2.05) is 6.92 Å². The van der Waals surface area contributed by atoms with Crippen LogP contribution in [0.3, 0.4) is 0 Å². The Morgan fingerprint density at radius 3 is 2.42 bits per heavy atom. The summed E-state index contributed by atoms with van der Waals surface area (Å²) in [6.07, 6.45) is 5.03. The number of hydrogen-bond acceptors (Lipinski definition) is 5. The van der Waals surface area contributed by atoms with E-state index < -0.39 is 5.97 Å². The van der Waals surface area contributed by atoms with Crippen molar-refractivity contribution in [3.05, 3.63) is 29.6 Å². The first kappa shape index (κ1) is 20.1. The summed E-state index contributed by atoms with van der Waals surface area (Å²) in [4.78, 5) is 28.0. The third-order valence-electron chi connectivity index (χ3n) is 3.45. The number of hydrogen-bond donors (Lipinski definition) is 1. The number of ether oxygens (including phenoxy) is 2. The number of carbonyl (C=O) groups is 2. The highest BCUT2D eigenvalue weighted by Gasteiger charge is 2.14. The summed E-state index contributed by atoms with van der Waals surface area (Å²) in [5.41, 5.74) is 1.16. The molecule has 1 amide bonds. The van der Waals surface area contributed by atoms with Crippen LogP contribution in [0.2, 0.25) is 0 Å². The Hall–Kier alpha value is -1.95. The van der Waals surface area contributed by atoms with E-state index in [0.29, 0.717) is 18.8 Å². The van der Waals surface area contributed by atoms with Gasteiger partial charge in [0.2, 0.25) is 0 Å². The minimum atomic E-state index is -0.406. The van der Waals surface area contributed by atoms with E-state index in [1.165, 1.54) is 6.20 Å². The van der Waals surface area contributed by atoms with Gasteiger partial charge in [0, 0.05) is 12.8 Å². The van der Waals surface area contributed by atoms with Crippen molar-refractivity contribution < 1.29 is 19.1 Å². The molecular formula is C18H28N2O4. The lowest BCUT2D eigenvalue weighted by molar-refractivity contribution is -0.148. The van der Waals surface area contributed by atoms with Gasteiger partial charge < -0.3 is 14.8 Å². The Morgan fingerprint density at radius 1 is 1.17 bits per heavy atom. The first-order valence-corrected chi connectivity index (χ1v) is 8.61. The summed E-state index contributed by atoms with van der Waals surface area (Å²) in [7, 11) is 0. The highest BCUT2D eigenvalue weighted by Crippen LogP contribution is 2.09. The Labute approximate surface area is 143 Å². The number of rotatable bonds is 11. The zero-order chi connectivity index (χ0) is 17.8. The van der Waals surface area contributed by atoms with Crippen molar-refractivity contribution in [1.29, 1.82) is 0 Å². The van der Waals surface area contributed by atoms with Gasteiger partial charge in [0.15, 0.2) is 0 Å². The zero-order valence-corrected chi connectivity index (χ0v) is 14.8. The predicted octanol–water partition coefficient (Wildman–Crippen LogP) is 2.86. The van der Waals surface area contributed by atoms with Crippen LogP contribution in [-0.4, -0.2) is 36.1 Å². The van der Waals surface area contributed by atoms with Crippen molar-refractivity contribution in [2.75, 3.05) is 13.2 Å². The molecule has 0 aliphatic carbocycles. The second kappa shape index (κ2) is 11.6. The number of nitrogens with zero attached hydrogens (tertiary/aromatic N) is 1. The van der Waals surface area contributed by atoms with Gasteiger partial charge in [0.05, 0.1) is 17.9 Å². The van der Waals surface area contributed by atoms with Gasteiger partial charge in [-0.2, -0.15) is 0 Å². The third-order valence-corrected chi connectivity index (χ3v) is 3.45. The minimum absolute atomic E-state index is 0.0658. The van der Waals surface area contributed by atoms with Crippen molar-refractivity contribution in [1.82, 2.24) is 10.3 Å². The molecule has 0 atom stereocenters. The fourth-order valence-corrected chi connectivity index (χ4v) is 2.24. The summed E-state index contributed by atoms with van der Waals surface area (Å²) in [5, 5.41) is 2.57. The lowest BCUT2D eigenvalue weighted by Gasteiger charge is -2.16. The molecule has 1 aromatic rings. The highest BCUT2D eigenvalue weighted by atomic mass is 16.5. The molecule has 0 fully saturated rings. The molecule has 6 nitrogen and oxygen atoms in total. The average molecular weight is 336 g/mol. The van der Waals surface area contributed by atoms with Gasteiger partial charge in [-0.1, -0.05) is 26.7 Å². The van der Waals surface area contributed by atoms with E-state index in [2.05, 4.69) is 24.1 Å². The van der Waals surface area contributed by atoms with Crippen LogP contribution in [0.1, 0.15) is 62.5 Å². The van der Waals surface area contributed by atoms with Crippen LogP contribution in [0.15, 0.2) is 18.3 Å². The van der Waals surface area contributed by atoms with E-state index in [-0.39, 0.29) is 18.6 Å². The van der Waals surface area contributed by atoms with Crippen molar-refractivity contribution in [2.45, 2.75) is 59.2 Å². The Bertz CT molecular complexity index is 496. The number of amides is 1. The van der Waals surface area contributed by atoms with Crippen LogP contribution in [0.4, 0.5) is 0 Å². The topological polar surface area (TPSA) is 77.5 Å². The third kappa shape index (κ3) is 7.55. The Balaban J connectivity index is 2.42. The summed E-state index contributed by atoms with van der Waals surface area (Å²) in [6.45, 7) is 6.92. The van der Waals surface area contributed by atoms with Gasteiger partial charge in [-0.15, -0.1) is 0 Å². The molecule has 1 heterocycles. The largest absolute Gasteiger partial charge is 0.461 e. The van der Waals surface area contributed by atoms with E-state index in [9.17, 15) is 9.59 Å². The highest BCUT2D eigenvalue weighted by molar-refractivity contribution is 5.95. The normalized spacial score (nSPS) is 10.7. The first-order chi connectivity index (χ1) is 11.6. The maximum Gasteiger partial charge on any atom is 0.325 e. The monoisotopic (exact) mass is 336 g/mol. The maximum atomic E-state index is 12.0. The molecule has 0 aliphatic heterocycles. The summed E-state index contributed by atoms with van der Waals surface area (Å²) in [5.74, 6) is -0.749. The molecule has 134 valence electrons. The summed E-state index contributed by atoms with van der Waals surface area (Å²) >= 11 is 0. The van der Waals surface area contributed by atoms with E-state index in [4.69, 9.17) is 9.47 Å². The van der Waals surface area contributed by atoms with Crippen molar-refractivity contribution in [2.24, 2.45) is 0 Å². The molecule has 0 radical (unpaired) electrons. The first-order valence-electron chi connectivity index (χ1n) is 8.61. The molecule has 0 spiro atoms. The number of aromatic nitrogens is 1. The molecule has 0 bridgehead atoms. The SMILES string of the molecule is CCCC(CCC)OC(=O)CNC(=O)c1ccc(COCC)nc1. The molecule has 6 heteroatoms. The van der Waals surface area contributed by atoms with Crippen LogP contribution < -0.4 is 5.32 Å². The quantitative estimate of drug-likeness (QED) is 0.629. The molecular weight excluding hydrogens is 308 g/mol. The van der Waals surface area contributed by atoms with Crippen LogP contribution >= 0.6 is 0 Å². The van der Waals surface area contributed by atoms with Crippen LogP contribution in [0, 0.1) is 0 Å². The van der Waals surface area contributed by atoms with E-state index >= 15 is 0 Å². The fraction of sp³-hybridized carbons (Fsp3) is 0.611. The van der Waals surface area contributed by atoms with Crippen LogP contribution in [0.25, 0.3) is 0 Å². The van der Waals surface area contributed by atoms with Crippen LogP contribution in [-0.2, 0) is 20.9 Å². The van der Waals surface area contributed by atoms with Gasteiger partial charge in [0.25, 0.3) is 5.91 Å². The van der Waals surface area contributed by atoms with Gasteiger partial charge >= 0.3 is 5.97 Å². The lowest BCUT2D eigenvalue weighted by Crippen LogP contribution is -2.32. The van der Waals surface area contributed by atoms with Crippen molar-refractivity contribution in [3.63, 3.8) is 0 Å². The molecule has 1 rings (SSSR count). The maximum absolute atomic E-state index is 12.0. The van der Waals surface area contributed by atoms with Gasteiger partial charge in [-0.25, -0.2) is 0 Å². The lowest BCUT2D eigenvalue weighted by atomic mass is 10.1. The molecule has 1 aromatic heterocycles. The van der Waals surface area contributed by atoms with Crippen LogP contribution in [0.5, 0.6) is 0 Å². The summed E-state index contributed by atoms with van der Waals surface area (Å²) in [6, 6.07) is 3.40. The predicted molar refractivity (Wildman–Crippen MR) is 91.6 cm³/mol. The second-order valence-corrected chi connectivity index (χ2v) is 5.55. The molecule has 1 N–H and O–H groups in total. The van der Waals surface area contributed by atoms with Gasteiger partial charge in [-0.3, -0.25) is 14.6 Å². The molecule has 0 aromatic carbocycles. The van der Waals surface area contributed by atoms with E-state index in [0.717, 1.165) is 31.4 Å². The number of pyridine rings is 1. The van der Waals surface area contributed by atoms with Crippen molar-refractivity contribution in [3.8, 4) is 0 Å². The Kier molecular flexibility index (Phi) is 9.68. The molecule has 0 aliphatic rings. The zero-order valence-electron chi connectivity index (χ0n) is 14.8. The molecule has 0 saturated heterocycles. The standard InChI is InChI=1S/C18H28N2O4/c1-4-7-16(8-5-2)24-17(21)12-20-18(22)14-9-10-15(19-11-14)13-23-6-3/h9-11,16H,4-8,12-13H2,1-3H3,(H,20,22). The number of carbonyl (C=O) groups excluding carboxylic acids is 2. The Morgan fingerprint density at radius 2 is 1.88 bits per heavy atom. The van der Waals surface area contributed by atoms with E-state index in [1.54, 1.807) is 12.1 Å². The number of nitrogens with one attached hydrogen (secondary N) is 1. The second-order valence-electron chi connectivity index (χ2n) is 5.55. The van der Waals surface area contributed by atoms with Crippen molar-refractivity contribution >= 4 is 11.9 Å². The van der Waals surface area contributed by atoms with Gasteiger partial charge in [0.1, 0.15) is 12.6 Å². The molecule has 0 unspecified atom stereocenters. The number of esters is 1.